The second kappa shape index (κ2) is 9.02. The number of aromatic amines is 1. The lowest BCUT2D eigenvalue weighted by molar-refractivity contribution is -0.150. The number of rotatable bonds is 7. The smallest absolute Gasteiger partial charge is 0.321 e. The Hall–Kier alpha value is -3.93. The van der Waals surface area contributed by atoms with Crippen LogP contribution in [0, 0.1) is 0 Å². The van der Waals surface area contributed by atoms with Crippen LogP contribution >= 0.6 is 0 Å². The molecule has 0 spiro atoms. The van der Waals surface area contributed by atoms with E-state index < -0.39 is 24.2 Å². The van der Waals surface area contributed by atoms with E-state index in [0.717, 1.165) is 27.2 Å². The number of aromatic nitrogens is 1. The third kappa shape index (κ3) is 3.79. The lowest BCUT2D eigenvalue weighted by Gasteiger charge is -2.33. The summed E-state index contributed by atoms with van der Waals surface area (Å²) in [6.07, 6.45) is -3.46. The molecule has 0 aliphatic rings. The van der Waals surface area contributed by atoms with Gasteiger partial charge in [0.2, 0.25) is 6.43 Å². The normalized spacial score (nSPS) is 13.4. The van der Waals surface area contributed by atoms with E-state index in [2.05, 4.69) is 4.98 Å². The van der Waals surface area contributed by atoms with Gasteiger partial charge in [0.25, 0.3) is 0 Å². The van der Waals surface area contributed by atoms with E-state index in [1.165, 1.54) is 0 Å². The molecule has 1 atom stereocenters. The zero-order valence-electron chi connectivity index (χ0n) is 19.5. The summed E-state index contributed by atoms with van der Waals surface area (Å²) in [5.74, 6) is -0.123. The van der Waals surface area contributed by atoms with Gasteiger partial charge in [-0.25, -0.2) is 8.78 Å². The first-order valence-corrected chi connectivity index (χ1v) is 11.5. The van der Waals surface area contributed by atoms with Gasteiger partial charge in [0.15, 0.2) is 0 Å². The number of H-pyrrole nitrogens is 1. The van der Waals surface area contributed by atoms with Crippen molar-refractivity contribution in [3.8, 4) is 5.75 Å². The first-order chi connectivity index (χ1) is 17.0. The predicted molar refractivity (Wildman–Crippen MR) is 134 cm³/mol. The number of alkyl halides is 2. The van der Waals surface area contributed by atoms with Crippen LogP contribution in [0.25, 0.3) is 32.6 Å². The molecule has 0 amide bonds. The molecule has 35 heavy (non-hydrogen) atoms. The van der Waals surface area contributed by atoms with E-state index in [-0.39, 0.29) is 6.61 Å². The number of hydrogen-bond acceptors (Lipinski definition) is 3. The van der Waals surface area contributed by atoms with E-state index >= 15 is 0 Å². The number of carbonyl (C=O) groups is 1. The highest BCUT2D eigenvalue weighted by atomic mass is 19.3. The summed E-state index contributed by atoms with van der Waals surface area (Å²) in [5.41, 5.74) is 1.01. The van der Waals surface area contributed by atoms with Gasteiger partial charge in [0.1, 0.15) is 11.2 Å². The van der Waals surface area contributed by atoms with Crippen LogP contribution in [0.2, 0.25) is 0 Å². The fourth-order valence-corrected chi connectivity index (χ4v) is 5.04. The molecule has 178 valence electrons. The Morgan fingerprint density at radius 2 is 1.71 bits per heavy atom. The van der Waals surface area contributed by atoms with E-state index in [0.29, 0.717) is 22.3 Å². The van der Waals surface area contributed by atoms with Gasteiger partial charge in [-0.2, -0.15) is 0 Å². The van der Waals surface area contributed by atoms with E-state index in [9.17, 15) is 13.6 Å². The molecule has 5 aromatic rings. The molecule has 6 heteroatoms. The van der Waals surface area contributed by atoms with Crippen molar-refractivity contribution in [3.05, 3.63) is 90.0 Å². The minimum absolute atomic E-state index is 0.0766. The fraction of sp³-hybridized carbons (Fsp3) is 0.207. The summed E-state index contributed by atoms with van der Waals surface area (Å²) >= 11 is 0. The molecule has 0 radical (unpaired) electrons. The van der Waals surface area contributed by atoms with Gasteiger partial charge in [-0.05, 0) is 59.2 Å². The number of ether oxygens (including phenoxy) is 2. The highest BCUT2D eigenvalue weighted by Gasteiger charge is 2.47. The molecule has 0 aliphatic heterocycles. The Kier molecular flexibility index (Phi) is 5.89. The molecule has 1 unspecified atom stereocenters. The molecule has 0 bridgehead atoms. The van der Waals surface area contributed by atoms with Crippen LogP contribution in [-0.2, 0) is 14.9 Å². The Balaban J connectivity index is 1.87. The molecule has 4 nitrogen and oxygen atoms in total. The van der Waals surface area contributed by atoms with Gasteiger partial charge < -0.3 is 14.5 Å². The summed E-state index contributed by atoms with van der Waals surface area (Å²) in [4.78, 5) is 17.1. The lowest BCUT2D eigenvalue weighted by Crippen LogP contribution is -2.41. The predicted octanol–water partition coefficient (Wildman–Crippen LogP) is 6.99. The first-order valence-electron chi connectivity index (χ1n) is 11.5. The number of benzene rings is 4. The average Bonchev–Trinajstić information content (AvgIpc) is 3.24. The van der Waals surface area contributed by atoms with Gasteiger partial charge in [-0.1, -0.05) is 48.5 Å². The quantitative estimate of drug-likeness (QED) is 0.259. The highest BCUT2D eigenvalue weighted by Crippen LogP contribution is 2.44. The van der Waals surface area contributed by atoms with E-state index in [1.807, 2.05) is 54.6 Å². The number of carbonyl (C=O) groups excluding carboxylic acids is 1. The van der Waals surface area contributed by atoms with Gasteiger partial charge in [0, 0.05) is 28.2 Å². The molecule has 1 aromatic heterocycles. The van der Waals surface area contributed by atoms with Crippen LogP contribution in [0.4, 0.5) is 8.78 Å². The fourth-order valence-electron chi connectivity index (χ4n) is 5.04. The van der Waals surface area contributed by atoms with Crippen molar-refractivity contribution in [1.29, 1.82) is 0 Å². The van der Waals surface area contributed by atoms with Gasteiger partial charge >= 0.3 is 5.97 Å². The summed E-state index contributed by atoms with van der Waals surface area (Å²) in [5, 5.41) is 3.30. The average molecular weight is 474 g/mol. The van der Waals surface area contributed by atoms with Crippen LogP contribution in [0.1, 0.15) is 24.5 Å². The van der Waals surface area contributed by atoms with Crippen LogP contribution in [0.5, 0.6) is 5.75 Å². The minimum atomic E-state index is -2.75. The Bertz CT molecular complexity index is 1540. The van der Waals surface area contributed by atoms with Crippen LogP contribution < -0.4 is 4.74 Å². The van der Waals surface area contributed by atoms with Crippen LogP contribution in [0.15, 0.2) is 78.9 Å². The van der Waals surface area contributed by atoms with Gasteiger partial charge in [0.05, 0.1) is 13.7 Å². The molecule has 0 fully saturated rings. The topological polar surface area (TPSA) is 51.3 Å². The monoisotopic (exact) mass is 473 g/mol. The number of nitrogens with one attached hydrogen (secondary N) is 1. The number of hydrogen-bond donors (Lipinski definition) is 1. The zero-order valence-corrected chi connectivity index (χ0v) is 19.5. The third-order valence-electron chi connectivity index (χ3n) is 6.63. The molecule has 0 saturated heterocycles. The molecule has 1 N–H and O–H groups in total. The number of halogens is 2. The second-order valence-corrected chi connectivity index (χ2v) is 8.54. The number of methoxy groups -OCH3 is 1. The first kappa shape index (κ1) is 22.8. The zero-order chi connectivity index (χ0) is 24.6. The van der Waals surface area contributed by atoms with Crippen molar-refractivity contribution in [3.63, 3.8) is 0 Å². The largest absolute Gasteiger partial charge is 0.497 e. The van der Waals surface area contributed by atoms with Gasteiger partial charge in [-0.3, -0.25) is 4.79 Å². The summed E-state index contributed by atoms with van der Waals surface area (Å²) in [7, 11) is 1.55. The highest BCUT2D eigenvalue weighted by molar-refractivity contribution is 6.08. The molecule has 4 aromatic carbocycles. The third-order valence-corrected chi connectivity index (χ3v) is 6.63. The van der Waals surface area contributed by atoms with Crippen molar-refractivity contribution in [2.24, 2.45) is 0 Å². The summed E-state index contributed by atoms with van der Waals surface area (Å²) in [6.45, 7) is 1.76. The van der Waals surface area contributed by atoms with Crippen molar-refractivity contribution in [1.82, 2.24) is 4.98 Å². The molecular formula is C29H25F2NO3. The second-order valence-electron chi connectivity index (χ2n) is 8.54. The van der Waals surface area contributed by atoms with E-state index in [4.69, 9.17) is 9.47 Å². The summed E-state index contributed by atoms with van der Waals surface area (Å²) in [6, 6.07) is 24.1. The number of esters is 1. The maximum absolute atomic E-state index is 14.3. The Morgan fingerprint density at radius 1 is 0.914 bits per heavy atom. The summed E-state index contributed by atoms with van der Waals surface area (Å²) < 4.78 is 39.5. The van der Waals surface area contributed by atoms with Crippen LogP contribution in [0.3, 0.4) is 0 Å². The SMILES string of the molecule is CCOC(=O)C(CC(F)F)(c1ccc2[nH]c3ccccc3c2c1)c1cccc2ccc(OC)cc12. The van der Waals surface area contributed by atoms with Crippen molar-refractivity contribution in [2.45, 2.75) is 25.2 Å². The van der Waals surface area contributed by atoms with E-state index in [1.54, 1.807) is 38.3 Å². The van der Waals surface area contributed by atoms with Crippen LogP contribution in [-0.4, -0.2) is 31.1 Å². The molecular weight excluding hydrogens is 448 g/mol. The molecule has 0 aliphatic carbocycles. The van der Waals surface area contributed by atoms with Crippen molar-refractivity contribution in [2.75, 3.05) is 13.7 Å². The van der Waals surface area contributed by atoms with Crippen molar-refractivity contribution < 1.29 is 23.0 Å². The maximum atomic E-state index is 14.3. The van der Waals surface area contributed by atoms with Gasteiger partial charge in [-0.15, -0.1) is 0 Å². The minimum Gasteiger partial charge on any atom is -0.497 e. The molecule has 1 heterocycles. The van der Waals surface area contributed by atoms with Crippen molar-refractivity contribution >= 4 is 38.5 Å². The maximum Gasteiger partial charge on any atom is 0.321 e. The Labute approximate surface area is 201 Å². The number of para-hydroxylation sites is 1. The molecule has 5 rings (SSSR count). The number of fused-ring (bicyclic) bond motifs is 4. The standard InChI is InChI=1S/C29H25F2NO3/c1-3-35-28(33)29(17-27(30)31,24-9-6-7-18-11-13-20(34-2)16-22(18)24)19-12-14-26-23(15-19)21-8-4-5-10-25(21)32-26/h4-16,27,32H,3,17H2,1-2H3. The Morgan fingerprint density at radius 3 is 2.49 bits per heavy atom. The lowest BCUT2D eigenvalue weighted by atomic mass is 9.70. The molecule has 0 saturated carbocycles.